The Labute approximate surface area is 148 Å². The molecule has 0 atom stereocenters. The van der Waals surface area contributed by atoms with Crippen LogP contribution in [0.25, 0.3) is 6.08 Å². The normalized spacial score (nSPS) is 10.9. The standard InChI is InChI=1S/C16H11Cl4NO/c17-12-4-1-10(7-14(12)19)3-6-16(22)21-9-11-2-5-13(18)15(20)8-11/h1-8H,9H2,(H,21,22). The molecule has 0 unspecified atom stereocenters. The fourth-order valence-corrected chi connectivity index (χ4v) is 2.31. The number of carbonyl (C=O) groups is 1. The second kappa shape index (κ2) is 7.89. The SMILES string of the molecule is O=C(C=Cc1ccc(Cl)c(Cl)c1)NCc1ccc(Cl)c(Cl)c1. The summed E-state index contributed by atoms with van der Waals surface area (Å²) < 4.78 is 0. The maximum Gasteiger partial charge on any atom is 0.244 e. The first-order valence-corrected chi connectivity index (χ1v) is 7.82. The van der Waals surface area contributed by atoms with Crippen LogP contribution in [0.1, 0.15) is 11.1 Å². The molecular weight excluding hydrogens is 364 g/mol. The van der Waals surface area contributed by atoms with Gasteiger partial charge in [0.25, 0.3) is 0 Å². The fourth-order valence-electron chi connectivity index (χ4n) is 1.69. The van der Waals surface area contributed by atoms with E-state index < -0.39 is 0 Å². The van der Waals surface area contributed by atoms with Gasteiger partial charge in [0.2, 0.25) is 5.91 Å². The van der Waals surface area contributed by atoms with E-state index in [1.807, 2.05) is 0 Å². The Bertz CT molecular complexity index is 728. The van der Waals surface area contributed by atoms with Crippen molar-refractivity contribution in [2.75, 3.05) is 0 Å². The predicted octanol–water partition coefficient (Wildman–Crippen LogP) is 5.63. The van der Waals surface area contributed by atoms with Gasteiger partial charge < -0.3 is 5.32 Å². The molecule has 2 aromatic carbocycles. The average molecular weight is 375 g/mol. The summed E-state index contributed by atoms with van der Waals surface area (Å²) in [6, 6.07) is 10.3. The zero-order valence-corrected chi connectivity index (χ0v) is 14.3. The van der Waals surface area contributed by atoms with E-state index in [2.05, 4.69) is 5.32 Å². The third kappa shape index (κ3) is 4.92. The highest BCUT2D eigenvalue weighted by atomic mass is 35.5. The monoisotopic (exact) mass is 373 g/mol. The number of halogens is 4. The molecule has 0 aliphatic heterocycles. The predicted molar refractivity (Wildman–Crippen MR) is 93.8 cm³/mol. The highest BCUT2D eigenvalue weighted by Gasteiger charge is 2.02. The van der Waals surface area contributed by atoms with Crippen LogP contribution in [0.5, 0.6) is 0 Å². The summed E-state index contributed by atoms with van der Waals surface area (Å²) in [5.74, 6) is -0.225. The van der Waals surface area contributed by atoms with E-state index in [1.54, 1.807) is 42.5 Å². The van der Waals surface area contributed by atoms with Gasteiger partial charge in [-0.25, -0.2) is 0 Å². The summed E-state index contributed by atoms with van der Waals surface area (Å²) in [5.41, 5.74) is 1.66. The maximum absolute atomic E-state index is 11.8. The second-order valence-electron chi connectivity index (χ2n) is 4.47. The van der Waals surface area contributed by atoms with E-state index in [9.17, 15) is 4.79 Å². The molecule has 2 rings (SSSR count). The molecule has 0 fully saturated rings. The molecule has 2 aromatic rings. The van der Waals surface area contributed by atoms with Gasteiger partial charge in [-0.3, -0.25) is 4.79 Å². The van der Waals surface area contributed by atoms with Gasteiger partial charge in [0, 0.05) is 12.6 Å². The Morgan fingerprint density at radius 3 is 2.18 bits per heavy atom. The zero-order chi connectivity index (χ0) is 16.1. The minimum atomic E-state index is -0.225. The van der Waals surface area contributed by atoms with E-state index in [0.29, 0.717) is 26.6 Å². The van der Waals surface area contributed by atoms with Crippen molar-refractivity contribution in [2.24, 2.45) is 0 Å². The average Bonchev–Trinajstić information content (AvgIpc) is 2.49. The topological polar surface area (TPSA) is 29.1 Å². The number of hydrogen-bond donors (Lipinski definition) is 1. The number of carbonyl (C=O) groups excluding carboxylic acids is 1. The number of rotatable bonds is 4. The van der Waals surface area contributed by atoms with Crippen molar-refractivity contribution in [3.63, 3.8) is 0 Å². The Morgan fingerprint density at radius 2 is 1.55 bits per heavy atom. The van der Waals surface area contributed by atoms with E-state index in [4.69, 9.17) is 46.4 Å². The van der Waals surface area contributed by atoms with E-state index in [0.717, 1.165) is 11.1 Å². The summed E-state index contributed by atoms with van der Waals surface area (Å²) in [6.07, 6.45) is 3.09. The van der Waals surface area contributed by atoms with E-state index in [1.165, 1.54) is 6.08 Å². The van der Waals surface area contributed by atoms with Gasteiger partial charge in [-0.05, 0) is 41.5 Å². The number of amides is 1. The second-order valence-corrected chi connectivity index (χ2v) is 6.10. The van der Waals surface area contributed by atoms with Crippen molar-refractivity contribution >= 4 is 58.4 Å². The first-order valence-electron chi connectivity index (χ1n) is 6.30. The molecule has 1 N–H and O–H groups in total. The van der Waals surface area contributed by atoms with Crippen LogP contribution >= 0.6 is 46.4 Å². The lowest BCUT2D eigenvalue weighted by atomic mass is 10.2. The lowest BCUT2D eigenvalue weighted by Gasteiger charge is -2.04. The van der Waals surface area contributed by atoms with Crippen LogP contribution in [0.15, 0.2) is 42.5 Å². The molecule has 114 valence electrons. The van der Waals surface area contributed by atoms with Crippen LogP contribution in [0.3, 0.4) is 0 Å². The van der Waals surface area contributed by atoms with Crippen molar-refractivity contribution in [2.45, 2.75) is 6.54 Å². The molecule has 0 radical (unpaired) electrons. The zero-order valence-electron chi connectivity index (χ0n) is 11.2. The van der Waals surface area contributed by atoms with Crippen LogP contribution in [-0.4, -0.2) is 5.91 Å². The van der Waals surface area contributed by atoms with Crippen LogP contribution in [-0.2, 0) is 11.3 Å². The maximum atomic E-state index is 11.8. The fraction of sp³-hybridized carbons (Fsp3) is 0.0625. The molecule has 0 bridgehead atoms. The Morgan fingerprint density at radius 1 is 0.909 bits per heavy atom. The summed E-state index contributed by atoms with van der Waals surface area (Å²) in [4.78, 5) is 11.8. The summed E-state index contributed by atoms with van der Waals surface area (Å²) >= 11 is 23.5. The third-order valence-electron chi connectivity index (χ3n) is 2.82. The molecule has 0 saturated carbocycles. The van der Waals surface area contributed by atoms with Gasteiger partial charge in [0.05, 0.1) is 20.1 Å². The molecule has 1 amide bonds. The minimum absolute atomic E-state index is 0.225. The first-order chi connectivity index (χ1) is 10.5. The Hall–Kier alpha value is -1.19. The summed E-state index contributed by atoms with van der Waals surface area (Å²) in [6.45, 7) is 0.363. The van der Waals surface area contributed by atoms with Crippen molar-refractivity contribution < 1.29 is 4.79 Å². The van der Waals surface area contributed by atoms with Crippen molar-refractivity contribution in [1.29, 1.82) is 0 Å². The number of hydrogen-bond acceptors (Lipinski definition) is 1. The van der Waals surface area contributed by atoms with E-state index in [-0.39, 0.29) is 5.91 Å². The molecule has 2 nitrogen and oxygen atoms in total. The third-order valence-corrected chi connectivity index (χ3v) is 4.30. The molecule has 0 aromatic heterocycles. The molecule has 22 heavy (non-hydrogen) atoms. The summed E-state index contributed by atoms with van der Waals surface area (Å²) in [5, 5.41) is 4.62. The van der Waals surface area contributed by atoms with Crippen molar-refractivity contribution in [3.05, 3.63) is 73.7 Å². The smallest absolute Gasteiger partial charge is 0.244 e. The highest BCUT2D eigenvalue weighted by molar-refractivity contribution is 6.42. The quantitative estimate of drug-likeness (QED) is 0.690. The summed E-state index contributed by atoms with van der Waals surface area (Å²) in [7, 11) is 0. The lowest BCUT2D eigenvalue weighted by molar-refractivity contribution is -0.116. The largest absolute Gasteiger partial charge is 0.348 e. The van der Waals surface area contributed by atoms with Crippen molar-refractivity contribution in [3.8, 4) is 0 Å². The Kier molecular flexibility index (Phi) is 6.16. The molecule has 0 aliphatic carbocycles. The van der Waals surface area contributed by atoms with Gasteiger partial charge in [-0.15, -0.1) is 0 Å². The molecule has 0 saturated heterocycles. The van der Waals surface area contributed by atoms with Gasteiger partial charge in [0.15, 0.2) is 0 Å². The van der Waals surface area contributed by atoms with Crippen LogP contribution in [0.2, 0.25) is 20.1 Å². The number of benzene rings is 2. The first kappa shape index (κ1) is 17.2. The van der Waals surface area contributed by atoms with Gasteiger partial charge >= 0.3 is 0 Å². The highest BCUT2D eigenvalue weighted by Crippen LogP contribution is 2.23. The minimum Gasteiger partial charge on any atom is -0.348 e. The Balaban J connectivity index is 1.93. The molecule has 0 heterocycles. The van der Waals surface area contributed by atoms with E-state index >= 15 is 0 Å². The number of nitrogens with one attached hydrogen (secondary N) is 1. The molecule has 0 spiro atoms. The van der Waals surface area contributed by atoms with Crippen LogP contribution in [0.4, 0.5) is 0 Å². The van der Waals surface area contributed by atoms with Gasteiger partial charge in [0.1, 0.15) is 0 Å². The van der Waals surface area contributed by atoms with Crippen LogP contribution < -0.4 is 5.32 Å². The lowest BCUT2D eigenvalue weighted by Crippen LogP contribution is -2.20. The van der Waals surface area contributed by atoms with Gasteiger partial charge in [-0.1, -0.05) is 58.5 Å². The molecule has 0 aliphatic rings. The molecule has 6 heteroatoms. The molecular formula is C16H11Cl4NO. The van der Waals surface area contributed by atoms with Gasteiger partial charge in [-0.2, -0.15) is 0 Å². The van der Waals surface area contributed by atoms with Crippen LogP contribution in [0, 0.1) is 0 Å². The van der Waals surface area contributed by atoms with Crippen molar-refractivity contribution in [1.82, 2.24) is 5.32 Å².